The third-order valence-corrected chi connectivity index (χ3v) is 2.97. The van der Waals surface area contributed by atoms with Crippen molar-refractivity contribution in [3.63, 3.8) is 0 Å². The minimum Gasteiger partial charge on any atom is -0.175 e. The number of rotatable bonds is 1. The molecule has 0 spiro atoms. The van der Waals surface area contributed by atoms with Crippen molar-refractivity contribution >= 4 is 24.2 Å². The van der Waals surface area contributed by atoms with Gasteiger partial charge in [0.1, 0.15) is 0 Å². The minimum absolute atomic E-state index is 0.700. The second kappa shape index (κ2) is 5.82. The lowest BCUT2D eigenvalue weighted by Crippen LogP contribution is -1.84. The Hall–Kier alpha value is -1.36. The van der Waals surface area contributed by atoms with E-state index in [2.05, 4.69) is 24.5 Å². The number of halogens is 1. The molecule has 0 aliphatic rings. The van der Waals surface area contributed by atoms with Crippen molar-refractivity contribution in [2.45, 2.75) is 5.75 Å². The Morgan fingerprint density at radius 1 is 0.941 bits per heavy atom. The zero-order valence-electron chi connectivity index (χ0n) is 9.15. The van der Waals surface area contributed by atoms with E-state index in [9.17, 15) is 0 Å². The van der Waals surface area contributed by atoms with Gasteiger partial charge in [0.15, 0.2) is 0 Å². The molecule has 2 aromatic carbocycles. The highest BCUT2D eigenvalue weighted by molar-refractivity contribution is 7.79. The van der Waals surface area contributed by atoms with Gasteiger partial charge < -0.3 is 0 Å². The van der Waals surface area contributed by atoms with Crippen LogP contribution in [0.1, 0.15) is 16.7 Å². The molecule has 0 saturated heterocycles. The van der Waals surface area contributed by atoms with Gasteiger partial charge in [-0.1, -0.05) is 41.6 Å². The molecular formula is C15H11ClS. The summed E-state index contributed by atoms with van der Waals surface area (Å²) in [6, 6.07) is 15.6. The highest BCUT2D eigenvalue weighted by atomic mass is 35.5. The first-order valence-corrected chi connectivity index (χ1v) is 6.27. The summed E-state index contributed by atoms with van der Waals surface area (Å²) in [4.78, 5) is 0. The summed E-state index contributed by atoms with van der Waals surface area (Å²) in [6.45, 7) is 0. The van der Waals surface area contributed by atoms with Crippen molar-refractivity contribution in [2.24, 2.45) is 0 Å². The monoisotopic (exact) mass is 258 g/mol. The van der Waals surface area contributed by atoms with Gasteiger partial charge in [0.05, 0.1) is 0 Å². The van der Waals surface area contributed by atoms with Gasteiger partial charge in [-0.15, -0.1) is 0 Å². The van der Waals surface area contributed by atoms with Crippen LogP contribution in [0, 0.1) is 11.8 Å². The molecule has 2 aromatic rings. The van der Waals surface area contributed by atoms with E-state index in [1.807, 2.05) is 48.5 Å². The van der Waals surface area contributed by atoms with Gasteiger partial charge in [0.2, 0.25) is 0 Å². The molecule has 0 atom stereocenters. The van der Waals surface area contributed by atoms with Crippen LogP contribution in [-0.4, -0.2) is 0 Å². The maximum atomic E-state index is 5.82. The maximum absolute atomic E-state index is 5.82. The lowest BCUT2D eigenvalue weighted by Gasteiger charge is -1.98. The van der Waals surface area contributed by atoms with Gasteiger partial charge in [-0.3, -0.25) is 0 Å². The Morgan fingerprint density at radius 2 is 1.65 bits per heavy atom. The summed E-state index contributed by atoms with van der Waals surface area (Å²) in [6.07, 6.45) is 0. The van der Waals surface area contributed by atoms with Crippen molar-refractivity contribution in [1.82, 2.24) is 0 Å². The molecule has 0 aromatic heterocycles. The van der Waals surface area contributed by atoms with Crippen LogP contribution < -0.4 is 0 Å². The number of hydrogen-bond donors (Lipinski definition) is 1. The van der Waals surface area contributed by atoms with Crippen LogP contribution in [0.5, 0.6) is 0 Å². The zero-order chi connectivity index (χ0) is 12.1. The second-order valence-corrected chi connectivity index (χ2v) is 4.32. The molecule has 0 aliphatic heterocycles. The van der Waals surface area contributed by atoms with Crippen LogP contribution in [0.15, 0.2) is 48.5 Å². The fraction of sp³-hybridized carbons (Fsp3) is 0.0667. The minimum atomic E-state index is 0.700. The van der Waals surface area contributed by atoms with Crippen LogP contribution >= 0.6 is 24.2 Å². The summed E-state index contributed by atoms with van der Waals surface area (Å²) in [5.74, 6) is 6.98. The molecule has 0 radical (unpaired) electrons. The Labute approximate surface area is 112 Å². The maximum Gasteiger partial charge on any atom is 0.0406 e. The summed E-state index contributed by atoms with van der Waals surface area (Å²) in [5, 5.41) is 0.728. The zero-order valence-corrected chi connectivity index (χ0v) is 10.8. The van der Waals surface area contributed by atoms with Gasteiger partial charge in [-0.05, 0) is 35.9 Å². The molecule has 0 aliphatic carbocycles. The summed E-state index contributed by atoms with van der Waals surface area (Å²) in [5.41, 5.74) is 3.14. The van der Waals surface area contributed by atoms with Crippen molar-refractivity contribution < 1.29 is 0 Å². The fourth-order valence-corrected chi connectivity index (χ4v) is 1.85. The summed E-state index contributed by atoms with van der Waals surface area (Å²) in [7, 11) is 0. The van der Waals surface area contributed by atoms with Crippen LogP contribution in [0.25, 0.3) is 0 Å². The number of thiol groups is 1. The standard InChI is InChI=1S/C15H11ClS/c16-15-9-6-12(7-10-15)5-8-13-3-1-2-4-14(13)11-17/h1-4,6-7,9-10,17H,11H2. The van der Waals surface area contributed by atoms with E-state index in [4.69, 9.17) is 11.6 Å². The quantitative estimate of drug-likeness (QED) is 0.576. The lowest BCUT2D eigenvalue weighted by atomic mass is 10.1. The van der Waals surface area contributed by atoms with E-state index >= 15 is 0 Å². The van der Waals surface area contributed by atoms with E-state index in [1.165, 1.54) is 0 Å². The normalized spacial score (nSPS) is 9.53. The third-order valence-electron chi connectivity index (χ3n) is 2.37. The first-order valence-electron chi connectivity index (χ1n) is 5.26. The lowest BCUT2D eigenvalue weighted by molar-refractivity contribution is 1.40. The molecule has 2 heteroatoms. The molecule has 0 fully saturated rings. The largest absolute Gasteiger partial charge is 0.175 e. The number of benzene rings is 2. The van der Waals surface area contributed by atoms with Gasteiger partial charge >= 0.3 is 0 Å². The molecule has 0 amide bonds. The van der Waals surface area contributed by atoms with Gasteiger partial charge in [0.25, 0.3) is 0 Å². The molecular weight excluding hydrogens is 248 g/mol. The Balaban J connectivity index is 2.29. The van der Waals surface area contributed by atoms with E-state index in [1.54, 1.807) is 0 Å². The SMILES string of the molecule is SCc1ccccc1C#Cc1ccc(Cl)cc1. The molecule has 2 rings (SSSR count). The molecule has 0 heterocycles. The predicted octanol–water partition coefficient (Wildman–Crippen LogP) is 4.17. The van der Waals surface area contributed by atoms with Gasteiger partial charge in [-0.25, -0.2) is 0 Å². The number of hydrogen-bond acceptors (Lipinski definition) is 1. The second-order valence-electron chi connectivity index (χ2n) is 3.57. The van der Waals surface area contributed by atoms with E-state index in [-0.39, 0.29) is 0 Å². The van der Waals surface area contributed by atoms with E-state index < -0.39 is 0 Å². The average Bonchev–Trinajstić information content (AvgIpc) is 2.38. The van der Waals surface area contributed by atoms with Crippen molar-refractivity contribution in [3.8, 4) is 11.8 Å². The van der Waals surface area contributed by atoms with Crippen LogP contribution in [0.3, 0.4) is 0 Å². The summed E-state index contributed by atoms with van der Waals surface area (Å²) >= 11 is 10.1. The first kappa shape index (κ1) is 12.1. The molecule has 0 nitrogen and oxygen atoms in total. The van der Waals surface area contributed by atoms with E-state index in [0.717, 1.165) is 21.7 Å². The van der Waals surface area contributed by atoms with Crippen LogP contribution in [0.4, 0.5) is 0 Å². The van der Waals surface area contributed by atoms with Crippen LogP contribution in [0.2, 0.25) is 5.02 Å². The molecule has 17 heavy (non-hydrogen) atoms. The highest BCUT2D eigenvalue weighted by Crippen LogP contribution is 2.11. The first-order chi connectivity index (χ1) is 8.29. The van der Waals surface area contributed by atoms with Gasteiger partial charge in [-0.2, -0.15) is 12.6 Å². The Bertz CT molecular complexity index is 561. The van der Waals surface area contributed by atoms with Crippen LogP contribution in [-0.2, 0) is 5.75 Å². The fourth-order valence-electron chi connectivity index (χ4n) is 1.45. The topological polar surface area (TPSA) is 0 Å². The Morgan fingerprint density at radius 3 is 2.35 bits per heavy atom. The molecule has 0 bridgehead atoms. The molecule has 0 N–H and O–H groups in total. The smallest absolute Gasteiger partial charge is 0.0406 e. The van der Waals surface area contributed by atoms with Crippen molar-refractivity contribution in [3.05, 3.63) is 70.2 Å². The average molecular weight is 259 g/mol. The molecule has 0 saturated carbocycles. The molecule has 84 valence electrons. The van der Waals surface area contributed by atoms with Crippen molar-refractivity contribution in [1.29, 1.82) is 0 Å². The third kappa shape index (κ3) is 3.30. The Kier molecular flexibility index (Phi) is 4.14. The van der Waals surface area contributed by atoms with E-state index in [0.29, 0.717) is 5.75 Å². The van der Waals surface area contributed by atoms with Gasteiger partial charge in [0, 0.05) is 21.9 Å². The van der Waals surface area contributed by atoms with Crippen molar-refractivity contribution in [2.75, 3.05) is 0 Å². The highest BCUT2D eigenvalue weighted by Gasteiger charge is 1.95. The molecule has 0 unspecified atom stereocenters. The summed E-state index contributed by atoms with van der Waals surface area (Å²) < 4.78 is 0. The predicted molar refractivity (Wildman–Crippen MR) is 76.6 cm³/mol.